The third-order valence-electron chi connectivity index (χ3n) is 2.36. The monoisotopic (exact) mass is 288 g/mol. The van der Waals surface area contributed by atoms with E-state index < -0.39 is 4.92 Å². The first-order chi connectivity index (χ1) is 9.10. The van der Waals surface area contributed by atoms with Crippen LogP contribution in [-0.2, 0) is 11.2 Å². The Hall–Kier alpha value is -1.47. The Morgan fingerprint density at radius 3 is 2.79 bits per heavy atom. The first kappa shape index (κ1) is 15.6. The summed E-state index contributed by atoms with van der Waals surface area (Å²) in [6.07, 6.45) is 2.19. The van der Waals surface area contributed by atoms with Crippen molar-refractivity contribution in [2.75, 3.05) is 25.6 Å². The summed E-state index contributed by atoms with van der Waals surface area (Å²) >= 11 is 5.85. The standard InChI is InChI=1S/C11H17ClN4O3/c1-3-5-8-14-10(12)9(16(17)18)11(15-8)13-6-4-7-19-2/h3-7H2,1-2H3,(H,13,14,15). The summed E-state index contributed by atoms with van der Waals surface area (Å²) in [6.45, 7) is 3.07. The molecule has 0 aliphatic rings. The quantitative estimate of drug-likeness (QED) is 0.342. The number of hydrogen-bond acceptors (Lipinski definition) is 6. The van der Waals surface area contributed by atoms with Crippen LogP contribution >= 0.6 is 11.6 Å². The van der Waals surface area contributed by atoms with E-state index in [1.165, 1.54) is 0 Å². The molecule has 1 rings (SSSR count). The Labute approximate surface area is 116 Å². The van der Waals surface area contributed by atoms with Gasteiger partial charge in [-0.3, -0.25) is 10.1 Å². The molecule has 0 saturated carbocycles. The molecule has 8 heteroatoms. The zero-order chi connectivity index (χ0) is 14.3. The van der Waals surface area contributed by atoms with Gasteiger partial charge in [0.1, 0.15) is 5.82 Å². The second-order valence-electron chi connectivity index (χ2n) is 3.91. The van der Waals surface area contributed by atoms with Gasteiger partial charge in [-0.1, -0.05) is 18.5 Å². The van der Waals surface area contributed by atoms with Crippen LogP contribution < -0.4 is 5.32 Å². The molecule has 0 aromatic carbocycles. The highest BCUT2D eigenvalue weighted by atomic mass is 35.5. The van der Waals surface area contributed by atoms with Crippen LogP contribution in [0.5, 0.6) is 0 Å². The van der Waals surface area contributed by atoms with Gasteiger partial charge in [-0.05, 0) is 12.8 Å². The number of anilines is 1. The summed E-state index contributed by atoms with van der Waals surface area (Å²) in [5, 5.41) is 13.8. The molecule has 0 unspecified atom stereocenters. The van der Waals surface area contributed by atoms with E-state index in [0.29, 0.717) is 25.4 Å². The van der Waals surface area contributed by atoms with Crippen molar-refractivity contribution in [3.05, 3.63) is 21.1 Å². The number of hydrogen-bond donors (Lipinski definition) is 1. The molecule has 19 heavy (non-hydrogen) atoms. The van der Waals surface area contributed by atoms with Crippen molar-refractivity contribution in [2.24, 2.45) is 0 Å². The topological polar surface area (TPSA) is 90.2 Å². The van der Waals surface area contributed by atoms with E-state index in [-0.39, 0.29) is 16.7 Å². The van der Waals surface area contributed by atoms with Crippen molar-refractivity contribution < 1.29 is 9.66 Å². The van der Waals surface area contributed by atoms with Crippen molar-refractivity contribution in [1.29, 1.82) is 0 Å². The van der Waals surface area contributed by atoms with Gasteiger partial charge in [0, 0.05) is 26.7 Å². The lowest BCUT2D eigenvalue weighted by atomic mass is 10.3. The normalized spacial score (nSPS) is 10.5. The maximum Gasteiger partial charge on any atom is 0.348 e. The van der Waals surface area contributed by atoms with Gasteiger partial charge >= 0.3 is 5.69 Å². The smallest absolute Gasteiger partial charge is 0.348 e. The molecule has 106 valence electrons. The zero-order valence-corrected chi connectivity index (χ0v) is 11.7. The number of nitrogens with one attached hydrogen (secondary N) is 1. The third kappa shape index (κ3) is 4.60. The van der Waals surface area contributed by atoms with Gasteiger partial charge in [-0.15, -0.1) is 0 Å². The van der Waals surface area contributed by atoms with Gasteiger partial charge in [0.15, 0.2) is 0 Å². The van der Waals surface area contributed by atoms with Gasteiger partial charge in [0.2, 0.25) is 11.0 Å². The molecule has 7 nitrogen and oxygen atoms in total. The van der Waals surface area contributed by atoms with Gasteiger partial charge in [0.05, 0.1) is 4.92 Å². The molecular weight excluding hydrogens is 272 g/mol. The first-order valence-corrected chi connectivity index (χ1v) is 6.41. The Morgan fingerprint density at radius 2 is 2.21 bits per heavy atom. The summed E-state index contributed by atoms with van der Waals surface area (Å²) in [5.74, 6) is 0.678. The van der Waals surface area contributed by atoms with Crippen molar-refractivity contribution >= 4 is 23.1 Å². The highest BCUT2D eigenvalue weighted by Gasteiger charge is 2.23. The molecule has 0 saturated heterocycles. The molecule has 1 aromatic heterocycles. The van der Waals surface area contributed by atoms with Crippen LogP contribution in [0.15, 0.2) is 0 Å². The van der Waals surface area contributed by atoms with Gasteiger partial charge in [-0.2, -0.15) is 0 Å². The Morgan fingerprint density at radius 1 is 1.47 bits per heavy atom. The van der Waals surface area contributed by atoms with Crippen molar-refractivity contribution in [2.45, 2.75) is 26.2 Å². The Balaban J connectivity index is 2.92. The highest BCUT2D eigenvalue weighted by molar-refractivity contribution is 6.31. The lowest BCUT2D eigenvalue weighted by Gasteiger charge is -2.08. The molecule has 1 N–H and O–H groups in total. The van der Waals surface area contributed by atoms with E-state index in [4.69, 9.17) is 16.3 Å². The molecule has 0 amide bonds. The van der Waals surface area contributed by atoms with Crippen LogP contribution in [-0.4, -0.2) is 35.2 Å². The number of aryl methyl sites for hydroxylation is 1. The summed E-state index contributed by atoms with van der Waals surface area (Å²) in [7, 11) is 1.60. The average molecular weight is 289 g/mol. The molecule has 0 aliphatic heterocycles. The van der Waals surface area contributed by atoms with Crippen LogP contribution in [0, 0.1) is 10.1 Å². The largest absolute Gasteiger partial charge is 0.385 e. The number of nitro groups is 1. The lowest BCUT2D eigenvalue weighted by molar-refractivity contribution is -0.384. The van der Waals surface area contributed by atoms with Gasteiger partial charge < -0.3 is 10.1 Å². The van der Waals surface area contributed by atoms with Gasteiger partial charge in [-0.25, -0.2) is 9.97 Å². The van der Waals surface area contributed by atoms with E-state index in [0.717, 1.165) is 12.8 Å². The van der Waals surface area contributed by atoms with Crippen LogP contribution in [0.2, 0.25) is 5.15 Å². The predicted octanol–water partition coefficient (Wildman–Crippen LogP) is 2.44. The lowest BCUT2D eigenvalue weighted by Crippen LogP contribution is -2.11. The zero-order valence-electron chi connectivity index (χ0n) is 11.0. The molecule has 0 atom stereocenters. The molecule has 0 aliphatic carbocycles. The summed E-state index contributed by atoms with van der Waals surface area (Å²) in [5.41, 5.74) is -0.279. The highest BCUT2D eigenvalue weighted by Crippen LogP contribution is 2.29. The van der Waals surface area contributed by atoms with Gasteiger partial charge in [0.25, 0.3) is 0 Å². The number of aromatic nitrogens is 2. The van der Waals surface area contributed by atoms with E-state index in [1.807, 2.05) is 6.92 Å². The Bertz CT molecular complexity index is 442. The average Bonchev–Trinajstić information content (AvgIpc) is 2.34. The van der Waals surface area contributed by atoms with Crippen LogP contribution in [0.4, 0.5) is 11.5 Å². The number of rotatable bonds is 8. The fourth-order valence-corrected chi connectivity index (χ4v) is 1.77. The number of methoxy groups -OCH3 is 1. The minimum atomic E-state index is -0.573. The number of halogens is 1. The Kier molecular flexibility index (Phi) is 6.44. The maximum absolute atomic E-state index is 11.0. The first-order valence-electron chi connectivity index (χ1n) is 6.03. The molecule has 0 fully saturated rings. The van der Waals surface area contributed by atoms with E-state index >= 15 is 0 Å². The molecule has 1 heterocycles. The van der Waals surface area contributed by atoms with Crippen LogP contribution in [0.3, 0.4) is 0 Å². The molecular formula is C11H17ClN4O3. The predicted molar refractivity (Wildman–Crippen MR) is 72.7 cm³/mol. The summed E-state index contributed by atoms with van der Waals surface area (Å²) < 4.78 is 4.91. The third-order valence-corrected chi connectivity index (χ3v) is 2.63. The van der Waals surface area contributed by atoms with Crippen LogP contribution in [0.25, 0.3) is 0 Å². The molecule has 0 spiro atoms. The van der Waals surface area contributed by atoms with Crippen LogP contribution in [0.1, 0.15) is 25.6 Å². The van der Waals surface area contributed by atoms with E-state index in [1.54, 1.807) is 7.11 Å². The maximum atomic E-state index is 11.0. The van der Waals surface area contributed by atoms with Crippen molar-refractivity contribution in [1.82, 2.24) is 9.97 Å². The minimum absolute atomic E-state index is 0.127. The fourth-order valence-electron chi connectivity index (χ4n) is 1.51. The summed E-state index contributed by atoms with van der Waals surface area (Å²) in [4.78, 5) is 18.5. The molecule has 0 radical (unpaired) electrons. The minimum Gasteiger partial charge on any atom is -0.385 e. The fraction of sp³-hybridized carbons (Fsp3) is 0.636. The van der Waals surface area contributed by atoms with E-state index in [9.17, 15) is 10.1 Å². The molecule has 0 bridgehead atoms. The van der Waals surface area contributed by atoms with E-state index in [2.05, 4.69) is 15.3 Å². The SMILES string of the molecule is CCCc1nc(Cl)c([N+](=O)[O-])c(NCCCOC)n1. The number of nitrogens with zero attached hydrogens (tertiary/aromatic N) is 3. The summed E-state index contributed by atoms with van der Waals surface area (Å²) in [6, 6.07) is 0. The second kappa shape index (κ2) is 7.85. The second-order valence-corrected chi connectivity index (χ2v) is 4.27. The van der Waals surface area contributed by atoms with Crippen molar-refractivity contribution in [3.8, 4) is 0 Å². The molecule has 1 aromatic rings. The number of ether oxygens (including phenoxy) is 1. The van der Waals surface area contributed by atoms with Crippen molar-refractivity contribution in [3.63, 3.8) is 0 Å².